The van der Waals surface area contributed by atoms with Crippen LogP contribution in [0.15, 0.2) is 0 Å². The van der Waals surface area contributed by atoms with Crippen LogP contribution < -0.4 is 0 Å². The fourth-order valence-electron chi connectivity index (χ4n) is 3.15. The van der Waals surface area contributed by atoms with Crippen molar-refractivity contribution in [2.24, 2.45) is 5.92 Å². The van der Waals surface area contributed by atoms with E-state index in [1.165, 1.54) is 0 Å². The minimum Gasteiger partial charge on any atom is -0.394 e. The summed E-state index contributed by atoms with van der Waals surface area (Å²) in [6.07, 6.45) is -0.539. The highest BCUT2D eigenvalue weighted by Gasteiger charge is 2.51. The summed E-state index contributed by atoms with van der Waals surface area (Å²) in [4.78, 5) is 2.32. The van der Waals surface area contributed by atoms with Crippen LogP contribution in [0, 0.1) is 5.92 Å². The molecule has 2 aliphatic heterocycles. The third-order valence-electron chi connectivity index (χ3n) is 4.03. The van der Waals surface area contributed by atoms with Gasteiger partial charge in [-0.3, -0.25) is 4.90 Å². The van der Waals surface area contributed by atoms with Gasteiger partial charge >= 0.3 is 0 Å². The van der Waals surface area contributed by atoms with Crippen molar-refractivity contribution in [3.8, 4) is 0 Å². The molecule has 0 aliphatic carbocycles. The van der Waals surface area contributed by atoms with Crippen molar-refractivity contribution in [2.45, 2.75) is 50.8 Å². The van der Waals surface area contributed by atoms with Crippen molar-refractivity contribution >= 4 is 0 Å². The number of aliphatic hydroxyl groups is 2. The number of hydrogen-bond donors (Lipinski definition) is 2. The van der Waals surface area contributed by atoms with Crippen molar-refractivity contribution in [3.05, 3.63) is 0 Å². The Morgan fingerprint density at radius 1 is 1.47 bits per heavy atom. The van der Waals surface area contributed by atoms with E-state index in [0.717, 1.165) is 13.0 Å². The maximum Gasteiger partial charge on any atom is 0.173 e. The first-order valence-corrected chi connectivity index (χ1v) is 6.33. The summed E-state index contributed by atoms with van der Waals surface area (Å²) in [7, 11) is 1.62. The summed E-state index contributed by atoms with van der Waals surface area (Å²) in [5, 5.41) is 19.4. The van der Waals surface area contributed by atoms with Crippen LogP contribution in [-0.4, -0.2) is 66.0 Å². The smallest absolute Gasteiger partial charge is 0.173 e. The Morgan fingerprint density at radius 2 is 2.18 bits per heavy atom. The highest BCUT2D eigenvalue weighted by Crippen LogP contribution is 2.38. The normalized spacial score (nSPS) is 43.1. The van der Waals surface area contributed by atoms with E-state index in [2.05, 4.69) is 18.7 Å². The lowest BCUT2D eigenvalue weighted by Gasteiger charge is -2.44. The molecule has 0 radical (unpaired) electrons. The second kappa shape index (κ2) is 5.20. The number of fused-ring (bicyclic) bond motifs is 1. The van der Waals surface area contributed by atoms with Crippen molar-refractivity contribution in [1.82, 2.24) is 4.90 Å². The van der Waals surface area contributed by atoms with Crippen molar-refractivity contribution in [1.29, 1.82) is 0 Å². The van der Waals surface area contributed by atoms with Crippen LogP contribution in [0.4, 0.5) is 0 Å². The van der Waals surface area contributed by atoms with Crippen LogP contribution in [0.5, 0.6) is 0 Å². The number of aliphatic hydroxyl groups excluding tert-OH is 2. The molecular weight excluding hydrogens is 222 g/mol. The summed E-state index contributed by atoms with van der Waals surface area (Å²) in [5.41, 5.74) is 0. The van der Waals surface area contributed by atoms with Gasteiger partial charge < -0.3 is 19.7 Å². The molecule has 0 saturated carbocycles. The molecule has 5 nitrogen and oxygen atoms in total. The van der Waals surface area contributed by atoms with Crippen LogP contribution >= 0.6 is 0 Å². The van der Waals surface area contributed by atoms with Gasteiger partial charge in [-0.2, -0.15) is 0 Å². The zero-order valence-electron chi connectivity index (χ0n) is 10.7. The Bertz CT molecular complexity index is 261. The van der Waals surface area contributed by atoms with E-state index < -0.39 is 12.2 Å². The highest BCUT2D eigenvalue weighted by atomic mass is 16.7. The Labute approximate surface area is 102 Å². The van der Waals surface area contributed by atoms with Gasteiger partial charge in [0.05, 0.1) is 18.8 Å². The van der Waals surface area contributed by atoms with E-state index in [1.54, 1.807) is 7.11 Å². The van der Waals surface area contributed by atoms with Gasteiger partial charge in [0.25, 0.3) is 0 Å². The third kappa shape index (κ3) is 2.22. The molecule has 5 atom stereocenters. The molecule has 2 fully saturated rings. The van der Waals surface area contributed by atoms with E-state index in [4.69, 9.17) is 9.47 Å². The monoisotopic (exact) mass is 245 g/mol. The maximum absolute atomic E-state index is 10.2. The van der Waals surface area contributed by atoms with Gasteiger partial charge in [-0.25, -0.2) is 0 Å². The van der Waals surface area contributed by atoms with Gasteiger partial charge in [-0.15, -0.1) is 0 Å². The lowest BCUT2D eigenvalue weighted by molar-refractivity contribution is -0.259. The fraction of sp³-hybridized carbons (Fsp3) is 1.00. The van der Waals surface area contributed by atoms with Gasteiger partial charge in [0.2, 0.25) is 0 Å². The highest BCUT2D eigenvalue weighted by molar-refractivity contribution is 4.99. The molecule has 0 unspecified atom stereocenters. The van der Waals surface area contributed by atoms with Gasteiger partial charge in [-0.1, -0.05) is 0 Å². The van der Waals surface area contributed by atoms with Gasteiger partial charge in [-0.05, 0) is 26.8 Å². The lowest BCUT2D eigenvalue weighted by Crippen LogP contribution is -2.58. The SMILES string of the molecule is CO[C@H]1O[C@H](CO)[C@@H](O)[C@@H]2CCN(C(C)C)[C@H]12. The Balaban J connectivity index is 2.18. The van der Waals surface area contributed by atoms with Crippen LogP contribution in [0.3, 0.4) is 0 Å². The van der Waals surface area contributed by atoms with Crippen molar-refractivity contribution < 1.29 is 19.7 Å². The van der Waals surface area contributed by atoms with Gasteiger partial charge in [0, 0.05) is 19.1 Å². The molecule has 0 aromatic carbocycles. The van der Waals surface area contributed by atoms with E-state index >= 15 is 0 Å². The Kier molecular flexibility index (Phi) is 4.05. The molecule has 5 heteroatoms. The Morgan fingerprint density at radius 3 is 2.71 bits per heavy atom. The molecule has 0 amide bonds. The zero-order chi connectivity index (χ0) is 12.6. The average Bonchev–Trinajstić information content (AvgIpc) is 2.75. The lowest BCUT2D eigenvalue weighted by atomic mass is 9.87. The van der Waals surface area contributed by atoms with E-state index in [-0.39, 0.29) is 24.9 Å². The average molecular weight is 245 g/mol. The summed E-state index contributed by atoms with van der Waals surface area (Å²) in [6.45, 7) is 5.07. The predicted molar refractivity (Wildman–Crippen MR) is 62.5 cm³/mol. The third-order valence-corrected chi connectivity index (χ3v) is 4.03. The van der Waals surface area contributed by atoms with Crippen LogP contribution in [-0.2, 0) is 9.47 Å². The molecule has 2 N–H and O–H groups in total. The quantitative estimate of drug-likeness (QED) is 0.721. The van der Waals surface area contributed by atoms with Crippen molar-refractivity contribution in [2.75, 3.05) is 20.3 Å². The molecule has 100 valence electrons. The number of nitrogens with zero attached hydrogens (tertiary/aromatic N) is 1. The first-order valence-electron chi connectivity index (χ1n) is 6.33. The maximum atomic E-state index is 10.2. The molecule has 0 aromatic heterocycles. The number of methoxy groups -OCH3 is 1. The molecule has 0 bridgehead atoms. The molecular formula is C12H23NO4. The predicted octanol–water partition coefficient (Wildman–Crippen LogP) is -0.190. The standard InChI is InChI=1S/C12H23NO4/c1-7(2)13-5-4-8-10(13)12(16-3)17-9(6-14)11(8)15/h7-12,14-15H,4-6H2,1-3H3/t8-,9-,10+,11+,12+/m1/s1. The molecule has 0 aromatic rings. The van der Waals surface area contributed by atoms with E-state index in [9.17, 15) is 10.2 Å². The summed E-state index contributed by atoms with van der Waals surface area (Å²) < 4.78 is 11.0. The van der Waals surface area contributed by atoms with Crippen LogP contribution in [0.1, 0.15) is 20.3 Å². The van der Waals surface area contributed by atoms with E-state index in [0.29, 0.717) is 6.04 Å². The Hall–Kier alpha value is -0.200. The molecule has 2 rings (SSSR count). The fourth-order valence-corrected chi connectivity index (χ4v) is 3.15. The largest absolute Gasteiger partial charge is 0.394 e. The van der Waals surface area contributed by atoms with Gasteiger partial charge in [0.1, 0.15) is 6.10 Å². The van der Waals surface area contributed by atoms with Crippen LogP contribution in [0.25, 0.3) is 0 Å². The molecule has 2 heterocycles. The second-order valence-electron chi connectivity index (χ2n) is 5.23. The van der Waals surface area contributed by atoms with E-state index in [1.807, 2.05) is 0 Å². The minimum atomic E-state index is -0.597. The number of ether oxygens (including phenoxy) is 2. The first-order chi connectivity index (χ1) is 8.10. The summed E-state index contributed by atoms with van der Waals surface area (Å²) >= 11 is 0. The first kappa shape index (κ1) is 13.2. The number of likely N-dealkylation sites (tertiary alicyclic amines) is 1. The molecule has 2 saturated heterocycles. The summed E-state index contributed by atoms with van der Waals surface area (Å²) in [5.74, 6) is 0.133. The molecule has 17 heavy (non-hydrogen) atoms. The van der Waals surface area contributed by atoms with Crippen molar-refractivity contribution in [3.63, 3.8) is 0 Å². The molecule has 2 aliphatic rings. The minimum absolute atomic E-state index is 0.0952. The van der Waals surface area contributed by atoms with Crippen LogP contribution in [0.2, 0.25) is 0 Å². The topological polar surface area (TPSA) is 62.2 Å². The summed E-state index contributed by atoms with van der Waals surface area (Å²) in [6, 6.07) is 0.502. The zero-order valence-corrected chi connectivity index (χ0v) is 10.7. The number of rotatable bonds is 3. The van der Waals surface area contributed by atoms with Gasteiger partial charge in [0.15, 0.2) is 6.29 Å². The molecule has 0 spiro atoms. The second-order valence-corrected chi connectivity index (χ2v) is 5.23. The number of hydrogen-bond acceptors (Lipinski definition) is 5.